The lowest BCUT2D eigenvalue weighted by Gasteiger charge is -2.20. The van der Waals surface area contributed by atoms with Gasteiger partial charge in [0, 0.05) is 5.92 Å². The fourth-order valence-corrected chi connectivity index (χ4v) is 1.83. The summed E-state index contributed by atoms with van der Waals surface area (Å²) in [6.45, 7) is 11.0. The van der Waals surface area contributed by atoms with Crippen molar-refractivity contribution in [3.63, 3.8) is 0 Å². The molecule has 1 atom stereocenters. The summed E-state index contributed by atoms with van der Waals surface area (Å²) in [7, 11) is 0. The minimum Gasteiger partial charge on any atom is -0.461 e. The van der Waals surface area contributed by atoms with Crippen LogP contribution in [-0.4, -0.2) is 29.1 Å². The van der Waals surface area contributed by atoms with Gasteiger partial charge in [0.25, 0.3) is 0 Å². The number of rotatable bonds is 7. The van der Waals surface area contributed by atoms with Gasteiger partial charge in [0.2, 0.25) is 0 Å². The van der Waals surface area contributed by atoms with Gasteiger partial charge in [0.05, 0.1) is 13.0 Å². The van der Waals surface area contributed by atoms with Crippen LogP contribution in [-0.2, 0) is 14.3 Å². The van der Waals surface area contributed by atoms with Crippen LogP contribution in [0.2, 0.25) is 0 Å². The Kier molecular flexibility index (Phi) is 6.34. The van der Waals surface area contributed by atoms with Crippen LogP contribution in [0.1, 0.15) is 62.8 Å². The molecule has 0 fully saturated rings. The van der Waals surface area contributed by atoms with E-state index >= 15 is 0 Å². The summed E-state index contributed by atoms with van der Waals surface area (Å²) in [4.78, 5) is 27.6. The number of carbonyl (C=O) groups is 2. The van der Waals surface area contributed by atoms with Crippen LogP contribution >= 0.6 is 0 Å². The van der Waals surface area contributed by atoms with Crippen LogP contribution in [0, 0.1) is 0 Å². The molecule has 0 saturated carbocycles. The normalized spacial score (nSPS) is 12.5. The van der Waals surface area contributed by atoms with E-state index in [-0.39, 0.29) is 30.6 Å². The zero-order chi connectivity index (χ0) is 16.8. The first-order valence-electron chi connectivity index (χ1n) is 7.22. The molecule has 0 amide bonds. The summed E-state index contributed by atoms with van der Waals surface area (Å²) in [5.74, 6) is -0.924. The summed E-state index contributed by atoms with van der Waals surface area (Å²) < 4.78 is 15.5. The van der Waals surface area contributed by atoms with Gasteiger partial charge in [-0.15, -0.1) is 6.58 Å². The van der Waals surface area contributed by atoms with E-state index in [0.29, 0.717) is 12.3 Å². The molecule has 6 heteroatoms. The van der Waals surface area contributed by atoms with Crippen molar-refractivity contribution in [2.75, 3.05) is 6.61 Å². The predicted octanol–water partition coefficient (Wildman–Crippen LogP) is 3.24. The fraction of sp³-hybridized carbons (Fsp3) is 0.562. The third-order valence-corrected chi connectivity index (χ3v) is 2.64. The Labute approximate surface area is 130 Å². The largest absolute Gasteiger partial charge is 0.461 e. The summed E-state index contributed by atoms with van der Waals surface area (Å²) in [6, 6.07) is 0. The molecule has 0 saturated heterocycles. The molecule has 122 valence electrons. The minimum absolute atomic E-state index is 0.0927. The second kappa shape index (κ2) is 7.77. The van der Waals surface area contributed by atoms with Crippen LogP contribution < -0.4 is 0 Å². The van der Waals surface area contributed by atoms with Crippen molar-refractivity contribution in [3.8, 4) is 0 Å². The number of hydrogen-bond acceptors (Lipinski definition) is 6. The number of hydrogen-bond donors (Lipinski definition) is 0. The summed E-state index contributed by atoms with van der Waals surface area (Å²) in [6.07, 6.45) is 3.50. The molecular formula is C16H23NO5. The molecule has 1 heterocycles. The zero-order valence-electron chi connectivity index (χ0n) is 13.5. The Morgan fingerprint density at radius 3 is 2.68 bits per heavy atom. The van der Waals surface area contributed by atoms with Gasteiger partial charge >= 0.3 is 11.9 Å². The Balaban J connectivity index is 2.80. The van der Waals surface area contributed by atoms with E-state index in [1.54, 1.807) is 33.8 Å². The zero-order valence-corrected chi connectivity index (χ0v) is 13.5. The number of allylic oxidation sites excluding steroid dienone is 1. The SMILES string of the molecule is C=CC[C@H](CC(=O)OC(C)(C)C)c1nc(C(=O)OCC)co1. The summed E-state index contributed by atoms with van der Waals surface area (Å²) >= 11 is 0. The molecule has 0 spiro atoms. The Morgan fingerprint density at radius 2 is 2.14 bits per heavy atom. The first-order chi connectivity index (χ1) is 10.3. The maximum atomic E-state index is 11.9. The molecule has 0 radical (unpaired) electrons. The van der Waals surface area contributed by atoms with Crippen molar-refractivity contribution in [2.24, 2.45) is 0 Å². The van der Waals surface area contributed by atoms with Gasteiger partial charge in [-0.05, 0) is 34.1 Å². The lowest BCUT2D eigenvalue weighted by molar-refractivity contribution is -0.155. The number of ether oxygens (including phenoxy) is 2. The molecule has 0 bridgehead atoms. The molecule has 1 rings (SSSR count). The van der Waals surface area contributed by atoms with Crippen LogP contribution in [0.25, 0.3) is 0 Å². The molecule has 0 unspecified atom stereocenters. The van der Waals surface area contributed by atoms with Crippen molar-refractivity contribution in [1.82, 2.24) is 4.98 Å². The van der Waals surface area contributed by atoms with E-state index in [9.17, 15) is 9.59 Å². The lowest BCUT2D eigenvalue weighted by atomic mass is 10.0. The fourth-order valence-electron chi connectivity index (χ4n) is 1.83. The highest BCUT2D eigenvalue weighted by Crippen LogP contribution is 2.25. The van der Waals surface area contributed by atoms with Crippen molar-refractivity contribution in [3.05, 3.63) is 30.5 Å². The van der Waals surface area contributed by atoms with Crippen LogP contribution in [0.5, 0.6) is 0 Å². The average Bonchev–Trinajstić information content (AvgIpc) is 2.85. The molecule has 0 aliphatic heterocycles. The van der Waals surface area contributed by atoms with Gasteiger partial charge in [-0.3, -0.25) is 4.79 Å². The van der Waals surface area contributed by atoms with Crippen LogP contribution in [0.4, 0.5) is 0 Å². The van der Waals surface area contributed by atoms with E-state index in [0.717, 1.165) is 0 Å². The summed E-state index contributed by atoms with van der Waals surface area (Å²) in [5, 5.41) is 0. The second-order valence-corrected chi connectivity index (χ2v) is 5.80. The maximum Gasteiger partial charge on any atom is 0.360 e. The monoisotopic (exact) mass is 309 g/mol. The first-order valence-corrected chi connectivity index (χ1v) is 7.22. The summed E-state index contributed by atoms with van der Waals surface area (Å²) in [5.41, 5.74) is -0.460. The van der Waals surface area contributed by atoms with E-state index in [4.69, 9.17) is 13.9 Å². The Hall–Kier alpha value is -2.11. The van der Waals surface area contributed by atoms with Crippen molar-refractivity contribution < 1.29 is 23.5 Å². The highest BCUT2D eigenvalue weighted by molar-refractivity contribution is 5.86. The van der Waals surface area contributed by atoms with Crippen molar-refractivity contribution in [1.29, 1.82) is 0 Å². The molecule has 6 nitrogen and oxygen atoms in total. The molecule has 0 aromatic carbocycles. The molecule has 1 aromatic heterocycles. The average molecular weight is 309 g/mol. The molecule has 0 aliphatic rings. The molecular weight excluding hydrogens is 286 g/mol. The Bertz CT molecular complexity index is 527. The second-order valence-electron chi connectivity index (χ2n) is 5.80. The van der Waals surface area contributed by atoms with Gasteiger partial charge in [0.1, 0.15) is 11.9 Å². The van der Waals surface area contributed by atoms with Gasteiger partial charge in [-0.25, -0.2) is 9.78 Å². The van der Waals surface area contributed by atoms with Gasteiger partial charge in [-0.1, -0.05) is 6.08 Å². The number of oxazole rings is 1. The first kappa shape index (κ1) is 17.9. The highest BCUT2D eigenvalue weighted by atomic mass is 16.6. The lowest BCUT2D eigenvalue weighted by Crippen LogP contribution is -2.25. The molecule has 22 heavy (non-hydrogen) atoms. The number of esters is 2. The molecule has 0 aliphatic carbocycles. The third kappa shape index (κ3) is 5.71. The third-order valence-electron chi connectivity index (χ3n) is 2.64. The van der Waals surface area contributed by atoms with E-state index in [2.05, 4.69) is 11.6 Å². The smallest absolute Gasteiger partial charge is 0.360 e. The predicted molar refractivity (Wildman–Crippen MR) is 80.5 cm³/mol. The van der Waals surface area contributed by atoms with Crippen LogP contribution in [0.15, 0.2) is 23.3 Å². The van der Waals surface area contributed by atoms with Gasteiger partial charge < -0.3 is 13.9 Å². The van der Waals surface area contributed by atoms with E-state index in [1.807, 2.05) is 0 Å². The molecule has 1 aromatic rings. The van der Waals surface area contributed by atoms with E-state index in [1.165, 1.54) is 6.26 Å². The minimum atomic E-state index is -0.553. The number of carbonyl (C=O) groups excluding carboxylic acids is 2. The van der Waals surface area contributed by atoms with Gasteiger partial charge in [0.15, 0.2) is 11.6 Å². The topological polar surface area (TPSA) is 78.6 Å². The van der Waals surface area contributed by atoms with E-state index < -0.39 is 11.6 Å². The highest BCUT2D eigenvalue weighted by Gasteiger charge is 2.25. The Morgan fingerprint density at radius 1 is 1.45 bits per heavy atom. The van der Waals surface area contributed by atoms with Crippen molar-refractivity contribution >= 4 is 11.9 Å². The number of aromatic nitrogens is 1. The van der Waals surface area contributed by atoms with Gasteiger partial charge in [-0.2, -0.15) is 0 Å². The van der Waals surface area contributed by atoms with Crippen LogP contribution in [0.3, 0.4) is 0 Å². The van der Waals surface area contributed by atoms with Crippen molar-refractivity contribution in [2.45, 2.75) is 52.1 Å². The number of nitrogens with zero attached hydrogens (tertiary/aromatic N) is 1. The molecule has 0 N–H and O–H groups in total. The quantitative estimate of drug-likeness (QED) is 0.568. The maximum absolute atomic E-state index is 11.9. The standard InChI is InChI=1S/C16H23NO5/c1-6-8-11(9-13(18)22-16(3,4)5)14-17-12(10-21-14)15(19)20-7-2/h6,10-11H,1,7-9H2,2-5H3/t11-/m1/s1.